The first-order valence-electron chi connectivity index (χ1n) is 6.54. The van der Waals surface area contributed by atoms with Crippen LogP contribution in [-0.4, -0.2) is 38.0 Å². The van der Waals surface area contributed by atoms with E-state index < -0.39 is 0 Å². The molecule has 0 amide bonds. The molecule has 4 nitrogen and oxygen atoms in total. The van der Waals surface area contributed by atoms with Crippen LogP contribution in [0.5, 0.6) is 0 Å². The normalized spacial score (nSPS) is 18.9. The Morgan fingerprint density at radius 1 is 1.50 bits per heavy atom. The van der Waals surface area contributed by atoms with Crippen LogP contribution in [0.15, 0.2) is 18.3 Å². The van der Waals surface area contributed by atoms with Crippen LogP contribution in [-0.2, 0) is 0 Å². The third-order valence-corrected chi connectivity index (χ3v) is 3.47. The number of rotatable bonds is 5. The van der Waals surface area contributed by atoms with Gasteiger partial charge in [0.15, 0.2) is 5.78 Å². The number of carbonyl (C=O) groups is 1. The smallest absolute Gasteiger partial charge is 0.164 e. The van der Waals surface area contributed by atoms with Crippen molar-refractivity contribution in [1.82, 2.24) is 10.3 Å². The summed E-state index contributed by atoms with van der Waals surface area (Å²) in [5.41, 5.74) is 0.728. The molecule has 1 aliphatic rings. The quantitative estimate of drug-likeness (QED) is 0.805. The van der Waals surface area contributed by atoms with E-state index in [1.165, 1.54) is 6.42 Å². The van der Waals surface area contributed by atoms with Gasteiger partial charge in [0.1, 0.15) is 5.82 Å². The van der Waals surface area contributed by atoms with E-state index in [-0.39, 0.29) is 5.78 Å². The SMILES string of the molecule is CN(C)c1ccc(C(=O)CCC2CCNC2)cn1. The molecule has 0 aromatic carbocycles. The molecule has 18 heavy (non-hydrogen) atoms. The number of anilines is 1. The number of pyridine rings is 1. The van der Waals surface area contributed by atoms with Gasteiger partial charge >= 0.3 is 0 Å². The summed E-state index contributed by atoms with van der Waals surface area (Å²) in [6.07, 6.45) is 4.51. The van der Waals surface area contributed by atoms with Gasteiger partial charge in [0, 0.05) is 32.3 Å². The zero-order valence-electron chi connectivity index (χ0n) is 11.1. The Kier molecular flexibility index (Phi) is 4.31. The highest BCUT2D eigenvalue weighted by molar-refractivity contribution is 5.95. The first kappa shape index (κ1) is 13.0. The van der Waals surface area contributed by atoms with Gasteiger partial charge in [-0.15, -0.1) is 0 Å². The van der Waals surface area contributed by atoms with Crippen molar-refractivity contribution < 1.29 is 4.79 Å². The fourth-order valence-electron chi connectivity index (χ4n) is 2.26. The minimum atomic E-state index is 0.208. The molecule has 1 saturated heterocycles. The fraction of sp³-hybridized carbons (Fsp3) is 0.571. The van der Waals surface area contributed by atoms with Crippen LogP contribution in [0, 0.1) is 5.92 Å². The fourth-order valence-corrected chi connectivity index (χ4v) is 2.26. The summed E-state index contributed by atoms with van der Waals surface area (Å²) in [5.74, 6) is 1.76. The molecule has 0 saturated carbocycles. The topological polar surface area (TPSA) is 45.2 Å². The third-order valence-electron chi connectivity index (χ3n) is 3.47. The second-order valence-electron chi connectivity index (χ2n) is 5.12. The Bertz CT molecular complexity index is 394. The maximum Gasteiger partial charge on any atom is 0.164 e. The number of hydrogen-bond donors (Lipinski definition) is 1. The van der Waals surface area contributed by atoms with E-state index in [9.17, 15) is 4.79 Å². The molecular weight excluding hydrogens is 226 g/mol. The number of carbonyl (C=O) groups excluding carboxylic acids is 1. The van der Waals surface area contributed by atoms with E-state index in [4.69, 9.17) is 0 Å². The van der Waals surface area contributed by atoms with Crippen LogP contribution in [0.1, 0.15) is 29.6 Å². The molecular formula is C14H21N3O. The average molecular weight is 247 g/mol. The molecule has 1 N–H and O–H groups in total. The van der Waals surface area contributed by atoms with E-state index in [0.717, 1.165) is 30.9 Å². The number of nitrogens with zero attached hydrogens (tertiary/aromatic N) is 2. The third kappa shape index (κ3) is 3.29. The molecule has 4 heteroatoms. The molecule has 0 spiro atoms. The Morgan fingerprint density at radius 2 is 2.33 bits per heavy atom. The van der Waals surface area contributed by atoms with Crippen LogP contribution in [0.3, 0.4) is 0 Å². The van der Waals surface area contributed by atoms with Gasteiger partial charge < -0.3 is 10.2 Å². The molecule has 1 unspecified atom stereocenters. The first-order chi connectivity index (χ1) is 8.66. The number of hydrogen-bond acceptors (Lipinski definition) is 4. The van der Waals surface area contributed by atoms with Crippen molar-refractivity contribution >= 4 is 11.6 Å². The number of Topliss-reactive ketones (excluding diaryl/α,β-unsaturated/α-hetero) is 1. The summed E-state index contributed by atoms with van der Waals surface area (Å²) in [6, 6.07) is 3.77. The first-order valence-corrected chi connectivity index (χ1v) is 6.54. The standard InChI is InChI=1S/C14H21N3O/c1-17(2)14-6-4-12(10-16-14)13(18)5-3-11-7-8-15-9-11/h4,6,10-11,15H,3,5,7-9H2,1-2H3. The highest BCUT2D eigenvalue weighted by atomic mass is 16.1. The highest BCUT2D eigenvalue weighted by Gasteiger charge is 2.16. The second kappa shape index (κ2) is 5.96. The van der Waals surface area contributed by atoms with Gasteiger partial charge in [0.2, 0.25) is 0 Å². The number of ketones is 1. The van der Waals surface area contributed by atoms with Gasteiger partial charge in [0.25, 0.3) is 0 Å². The summed E-state index contributed by atoms with van der Waals surface area (Å²) in [7, 11) is 3.88. The Hall–Kier alpha value is -1.42. The predicted molar refractivity (Wildman–Crippen MR) is 73.1 cm³/mol. The lowest BCUT2D eigenvalue weighted by Crippen LogP contribution is -2.12. The van der Waals surface area contributed by atoms with Crippen molar-refractivity contribution in [3.05, 3.63) is 23.9 Å². The van der Waals surface area contributed by atoms with Crippen molar-refractivity contribution in [2.45, 2.75) is 19.3 Å². The van der Waals surface area contributed by atoms with Crippen LogP contribution in [0.2, 0.25) is 0 Å². The van der Waals surface area contributed by atoms with Crippen molar-refractivity contribution in [3.63, 3.8) is 0 Å². The zero-order chi connectivity index (χ0) is 13.0. The summed E-state index contributed by atoms with van der Waals surface area (Å²) in [4.78, 5) is 18.2. The Morgan fingerprint density at radius 3 is 2.89 bits per heavy atom. The minimum Gasteiger partial charge on any atom is -0.363 e. The molecule has 2 heterocycles. The lowest BCUT2D eigenvalue weighted by molar-refractivity contribution is 0.0974. The average Bonchev–Trinajstić information content (AvgIpc) is 2.89. The Balaban J connectivity index is 1.87. The van der Waals surface area contributed by atoms with Crippen LogP contribution in [0.25, 0.3) is 0 Å². The summed E-state index contributed by atoms with van der Waals surface area (Å²) in [5, 5.41) is 3.33. The van der Waals surface area contributed by atoms with Gasteiger partial charge in [-0.1, -0.05) is 0 Å². The van der Waals surface area contributed by atoms with Gasteiger partial charge in [0.05, 0.1) is 0 Å². The molecule has 1 aliphatic heterocycles. The summed E-state index contributed by atoms with van der Waals surface area (Å²) in [6.45, 7) is 2.16. The molecule has 98 valence electrons. The van der Waals surface area contributed by atoms with Crippen LogP contribution >= 0.6 is 0 Å². The molecule has 1 aromatic rings. The van der Waals surface area contributed by atoms with E-state index in [1.54, 1.807) is 6.20 Å². The second-order valence-corrected chi connectivity index (χ2v) is 5.12. The minimum absolute atomic E-state index is 0.208. The van der Waals surface area contributed by atoms with E-state index in [0.29, 0.717) is 12.3 Å². The van der Waals surface area contributed by atoms with Crippen molar-refractivity contribution in [1.29, 1.82) is 0 Å². The molecule has 2 rings (SSSR count). The maximum atomic E-state index is 12.0. The molecule has 1 atom stereocenters. The van der Waals surface area contributed by atoms with Crippen molar-refractivity contribution in [3.8, 4) is 0 Å². The summed E-state index contributed by atoms with van der Waals surface area (Å²) < 4.78 is 0. The lowest BCUT2D eigenvalue weighted by Gasteiger charge is -2.11. The van der Waals surface area contributed by atoms with Gasteiger partial charge in [-0.2, -0.15) is 0 Å². The largest absolute Gasteiger partial charge is 0.363 e. The molecule has 0 bridgehead atoms. The molecule has 1 aromatic heterocycles. The van der Waals surface area contributed by atoms with E-state index >= 15 is 0 Å². The van der Waals surface area contributed by atoms with Gasteiger partial charge in [-0.05, 0) is 44.0 Å². The van der Waals surface area contributed by atoms with Gasteiger partial charge in [-0.3, -0.25) is 4.79 Å². The maximum absolute atomic E-state index is 12.0. The van der Waals surface area contributed by atoms with Crippen LogP contribution < -0.4 is 10.2 Å². The lowest BCUT2D eigenvalue weighted by atomic mass is 9.99. The Labute approximate surface area is 108 Å². The van der Waals surface area contributed by atoms with E-state index in [1.807, 2.05) is 31.1 Å². The van der Waals surface area contributed by atoms with Crippen molar-refractivity contribution in [2.75, 3.05) is 32.1 Å². The monoisotopic (exact) mass is 247 g/mol. The van der Waals surface area contributed by atoms with Crippen LogP contribution in [0.4, 0.5) is 5.82 Å². The van der Waals surface area contributed by atoms with E-state index in [2.05, 4.69) is 10.3 Å². The number of aromatic nitrogens is 1. The molecule has 1 fully saturated rings. The highest BCUT2D eigenvalue weighted by Crippen LogP contribution is 2.17. The molecule has 0 radical (unpaired) electrons. The van der Waals surface area contributed by atoms with Gasteiger partial charge in [-0.25, -0.2) is 4.98 Å². The number of nitrogens with one attached hydrogen (secondary N) is 1. The molecule has 0 aliphatic carbocycles. The summed E-state index contributed by atoms with van der Waals surface area (Å²) >= 11 is 0. The zero-order valence-corrected chi connectivity index (χ0v) is 11.1. The van der Waals surface area contributed by atoms with Crippen molar-refractivity contribution in [2.24, 2.45) is 5.92 Å². The predicted octanol–water partition coefficient (Wildman–Crippen LogP) is 1.72.